The lowest BCUT2D eigenvalue weighted by Gasteiger charge is -2.22. The molecule has 21 heavy (non-hydrogen) atoms. The highest BCUT2D eigenvalue weighted by Crippen LogP contribution is 2.32. The fraction of sp³-hybridized carbons (Fsp3) is 0.647. The lowest BCUT2D eigenvalue weighted by Crippen LogP contribution is -2.24. The van der Waals surface area contributed by atoms with Crippen LogP contribution in [-0.2, 0) is 0 Å². The molecule has 0 bridgehead atoms. The van der Waals surface area contributed by atoms with Crippen LogP contribution in [0.15, 0.2) is 18.2 Å². The molecule has 0 aromatic heterocycles. The van der Waals surface area contributed by atoms with Gasteiger partial charge in [0.05, 0.1) is 14.2 Å². The zero-order valence-corrected chi connectivity index (χ0v) is 14.9. The van der Waals surface area contributed by atoms with Crippen LogP contribution in [0, 0.1) is 5.92 Å². The Labute approximate surface area is 133 Å². The molecule has 0 amide bonds. The number of rotatable bonds is 9. The molecule has 0 aliphatic carbocycles. The lowest BCUT2D eigenvalue weighted by molar-refractivity contribution is 0.354. The molecular formula is C17H29NO2S. The molecule has 0 aliphatic rings. The Bertz CT molecular complexity index is 423. The quantitative estimate of drug-likeness (QED) is 0.743. The van der Waals surface area contributed by atoms with E-state index in [9.17, 15) is 0 Å². The van der Waals surface area contributed by atoms with Gasteiger partial charge in [-0.2, -0.15) is 11.8 Å². The monoisotopic (exact) mass is 311 g/mol. The normalized spacial score (nSPS) is 14.0. The van der Waals surface area contributed by atoms with Crippen LogP contribution < -0.4 is 14.8 Å². The molecule has 1 rings (SSSR count). The van der Waals surface area contributed by atoms with Gasteiger partial charge >= 0.3 is 0 Å². The van der Waals surface area contributed by atoms with Crippen molar-refractivity contribution >= 4 is 11.8 Å². The van der Waals surface area contributed by atoms with Crippen LogP contribution in [0.3, 0.4) is 0 Å². The van der Waals surface area contributed by atoms with Crippen LogP contribution in [0.2, 0.25) is 0 Å². The van der Waals surface area contributed by atoms with Gasteiger partial charge in [-0.25, -0.2) is 0 Å². The zero-order chi connectivity index (χ0) is 15.8. The van der Waals surface area contributed by atoms with Crippen LogP contribution in [0.4, 0.5) is 0 Å². The van der Waals surface area contributed by atoms with Crippen molar-refractivity contribution in [2.45, 2.75) is 39.0 Å². The molecule has 0 heterocycles. The number of hydrogen-bond acceptors (Lipinski definition) is 4. The Kier molecular flexibility index (Phi) is 7.97. The van der Waals surface area contributed by atoms with Gasteiger partial charge in [0.2, 0.25) is 0 Å². The highest BCUT2D eigenvalue weighted by atomic mass is 32.2. The van der Waals surface area contributed by atoms with Crippen molar-refractivity contribution in [1.82, 2.24) is 5.32 Å². The average Bonchev–Trinajstić information content (AvgIpc) is 2.50. The van der Waals surface area contributed by atoms with Crippen molar-refractivity contribution in [2.24, 2.45) is 5.92 Å². The average molecular weight is 311 g/mol. The lowest BCUT2D eigenvalue weighted by atomic mass is 10.1. The van der Waals surface area contributed by atoms with Crippen LogP contribution >= 0.6 is 11.8 Å². The summed E-state index contributed by atoms with van der Waals surface area (Å²) in [5.74, 6) is 3.32. The van der Waals surface area contributed by atoms with Gasteiger partial charge in [0.25, 0.3) is 0 Å². The van der Waals surface area contributed by atoms with Gasteiger partial charge in [0, 0.05) is 17.0 Å². The van der Waals surface area contributed by atoms with E-state index in [1.54, 1.807) is 14.2 Å². The van der Waals surface area contributed by atoms with Crippen LogP contribution in [-0.4, -0.2) is 31.8 Å². The summed E-state index contributed by atoms with van der Waals surface area (Å²) in [4.78, 5) is 0. The third kappa shape index (κ3) is 5.44. The maximum Gasteiger partial charge on any atom is 0.161 e. The summed E-state index contributed by atoms with van der Waals surface area (Å²) < 4.78 is 10.7. The van der Waals surface area contributed by atoms with E-state index >= 15 is 0 Å². The van der Waals surface area contributed by atoms with Crippen LogP contribution in [0.5, 0.6) is 11.5 Å². The minimum Gasteiger partial charge on any atom is -0.493 e. The van der Waals surface area contributed by atoms with E-state index in [1.165, 1.54) is 5.56 Å². The molecule has 120 valence electrons. The SMILES string of the molecule is CCNC(CSC(C)C(C)C)c1ccc(OC)c(OC)c1. The van der Waals surface area contributed by atoms with E-state index in [4.69, 9.17) is 9.47 Å². The fourth-order valence-electron chi connectivity index (χ4n) is 2.03. The van der Waals surface area contributed by atoms with Gasteiger partial charge in [0.1, 0.15) is 0 Å². The van der Waals surface area contributed by atoms with E-state index in [1.807, 2.05) is 17.8 Å². The molecule has 0 aliphatic heterocycles. The molecule has 2 atom stereocenters. The third-order valence-electron chi connectivity index (χ3n) is 3.73. The molecule has 1 aromatic carbocycles. The molecule has 2 unspecified atom stereocenters. The van der Waals surface area contributed by atoms with Crippen molar-refractivity contribution in [3.8, 4) is 11.5 Å². The first-order valence-corrected chi connectivity index (χ1v) is 8.65. The first-order valence-electron chi connectivity index (χ1n) is 7.60. The summed E-state index contributed by atoms with van der Waals surface area (Å²) in [7, 11) is 3.35. The molecule has 4 heteroatoms. The number of methoxy groups -OCH3 is 2. The second kappa shape index (κ2) is 9.21. The number of hydrogen-bond donors (Lipinski definition) is 1. The number of benzene rings is 1. The summed E-state index contributed by atoms with van der Waals surface area (Å²) >= 11 is 2.02. The molecule has 0 fully saturated rings. The molecule has 0 saturated carbocycles. The molecule has 0 spiro atoms. The van der Waals surface area contributed by atoms with Gasteiger partial charge < -0.3 is 14.8 Å². The number of thioether (sulfide) groups is 1. The summed E-state index contributed by atoms with van der Waals surface area (Å²) in [5.41, 5.74) is 1.25. The third-order valence-corrected chi connectivity index (χ3v) is 5.32. The molecule has 0 radical (unpaired) electrons. The van der Waals surface area contributed by atoms with Gasteiger partial charge in [-0.3, -0.25) is 0 Å². The van der Waals surface area contributed by atoms with Crippen LogP contribution in [0.25, 0.3) is 0 Å². The zero-order valence-electron chi connectivity index (χ0n) is 14.1. The van der Waals surface area contributed by atoms with Gasteiger partial charge in [-0.15, -0.1) is 0 Å². The molecule has 1 N–H and O–H groups in total. The molecule has 0 saturated heterocycles. The number of ether oxygens (including phenoxy) is 2. The topological polar surface area (TPSA) is 30.5 Å². The number of nitrogens with one attached hydrogen (secondary N) is 1. The highest BCUT2D eigenvalue weighted by molar-refractivity contribution is 7.99. The minimum atomic E-state index is 0.334. The van der Waals surface area contributed by atoms with Crippen LogP contribution in [0.1, 0.15) is 39.3 Å². The second-order valence-corrected chi connectivity index (χ2v) is 6.92. The fourth-order valence-corrected chi connectivity index (χ4v) is 3.22. The van der Waals surface area contributed by atoms with E-state index in [0.29, 0.717) is 17.2 Å². The van der Waals surface area contributed by atoms with Gasteiger partial charge in [-0.05, 0) is 30.2 Å². The van der Waals surface area contributed by atoms with E-state index in [-0.39, 0.29) is 0 Å². The maximum absolute atomic E-state index is 5.41. The van der Waals surface area contributed by atoms with Crippen molar-refractivity contribution in [2.75, 3.05) is 26.5 Å². The Morgan fingerprint density at radius 2 is 1.76 bits per heavy atom. The summed E-state index contributed by atoms with van der Waals surface area (Å²) in [6.45, 7) is 9.94. The molecule has 3 nitrogen and oxygen atoms in total. The molecule has 1 aromatic rings. The predicted molar refractivity (Wildman–Crippen MR) is 92.7 cm³/mol. The van der Waals surface area contributed by atoms with E-state index in [2.05, 4.69) is 45.1 Å². The smallest absolute Gasteiger partial charge is 0.161 e. The Hall–Kier alpha value is -0.870. The highest BCUT2D eigenvalue weighted by Gasteiger charge is 2.16. The van der Waals surface area contributed by atoms with Gasteiger partial charge in [0.15, 0.2) is 11.5 Å². The van der Waals surface area contributed by atoms with Crippen molar-refractivity contribution < 1.29 is 9.47 Å². The largest absolute Gasteiger partial charge is 0.493 e. The summed E-state index contributed by atoms with van der Waals surface area (Å²) in [6, 6.07) is 6.51. The Balaban J connectivity index is 2.84. The standard InChI is InChI=1S/C17H29NO2S/c1-7-18-15(11-21-13(4)12(2)3)14-8-9-16(19-5)17(10-14)20-6/h8-10,12-13,15,18H,7,11H2,1-6H3. The molecular weight excluding hydrogens is 282 g/mol. The second-order valence-electron chi connectivity index (χ2n) is 5.51. The van der Waals surface area contributed by atoms with E-state index in [0.717, 1.165) is 23.8 Å². The summed E-state index contributed by atoms with van der Waals surface area (Å²) in [6.07, 6.45) is 0. The predicted octanol–water partition coefficient (Wildman–Crippen LogP) is 4.13. The Morgan fingerprint density at radius 1 is 1.10 bits per heavy atom. The Morgan fingerprint density at radius 3 is 2.29 bits per heavy atom. The summed E-state index contributed by atoms with van der Waals surface area (Å²) in [5, 5.41) is 4.22. The van der Waals surface area contributed by atoms with Gasteiger partial charge in [-0.1, -0.05) is 33.8 Å². The maximum atomic E-state index is 5.41. The first-order chi connectivity index (χ1) is 10.0. The van der Waals surface area contributed by atoms with E-state index < -0.39 is 0 Å². The van der Waals surface area contributed by atoms with Crippen molar-refractivity contribution in [3.05, 3.63) is 23.8 Å². The minimum absolute atomic E-state index is 0.334. The first kappa shape index (κ1) is 18.2. The van der Waals surface area contributed by atoms with Crippen molar-refractivity contribution in [1.29, 1.82) is 0 Å². The van der Waals surface area contributed by atoms with Crippen molar-refractivity contribution in [3.63, 3.8) is 0 Å².